The van der Waals surface area contributed by atoms with Gasteiger partial charge in [0.2, 0.25) is 0 Å². The van der Waals surface area contributed by atoms with Crippen molar-refractivity contribution in [3.8, 4) is 11.5 Å². The molecule has 1 rings (SSSR count). The van der Waals surface area contributed by atoms with E-state index < -0.39 is 0 Å². The van der Waals surface area contributed by atoms with Crippen LogP contribution >= 0.6 is 11.8 Å². The van der Waals surface area contributed by atoms with E-state index in [0.29, 0.717) is 11.8 Å². The monoisotopic (exact) mass is 241 g/mol. The van der Waals surface area contributed by atoms with E-state index in [4.69, 9.17) is 5.11 Å². The molecule has 0 saturated carbocycles. The largest absolute Gasteiger partial charge is 0.508 e. The molecule has 3 nitrogen and oxygen atoms in total. The van der Waals surface area contributed by atoms with E-state index in [9.17, 15) is 5.11 Å². The number of phenols is 2. The van der Waals surface area contributed by atoms with Crippen molar-refractivity contribution >= 4 is 11.8 Å². The molecule has 1 aromatic rings. The van der Waals surface area contributed by atoms with E-state index in [1.54, 1.807) is 12.1 Å². The predicted octanol–water partition coefficient (Wildman–Crippen LogP) is 2.33. The first-order valence-electron chi connectivity index (χ1n) is 5.38. The van der Waals surface area contributed by atoms with Crippen LogP contribution in [-0.4, -0.2) is 28.3 Å². The highest BCUT2D eigenvalue weighted by atomic mass is 32.2. The number of hydrogen-bond acceptors (Lipinski definition) is 4. The highest BCUT2D eigenvalue weighted by Gasteiger charge is 2.02. The Balaban J connectivity index is 2.32. The number of rotatable bonds is 6. The van der Waals surface area contributed by atoms with Gasteiger partial charge in [0.1, 0.15) is 11.5 Å². The van der Waals surface area contributed by atoms with Crippen molar-refractivity contribution in [2.45, 2.75) is 25.1 Å². The Kier molecular flexibility index (Phi) is 5.49. The lowest BCUT2D eigenvalue weighted by Crippen LogP contribution is -2.17. The Morgan fingerprint density at radius 3 is 2.75 bits per heavy atom. The van der Waals surface area contributed by atoms with Crippen molar-refractivity contribution in [1.29, 1.82) is 0 Å². The van der Waals surface area contributed by atoms with Crippen molar-refractivity contribution in [3.05, 3.63) is 23.8 Å². The van der Waals surface area contributed by atoms with Gasteiger partial charge < -0.3 is 15.5 Å². The molecular weight excluding hydrogens is 222 g/mol. The molecule has 0 fully saturated rings. The second-order valence-corrected chi connectivity index (χ2v) is 5.10. The maximum absolute atomic E-state index is 9.54. The fourth-order valence-corrected chi connectivity index (χ4v) is 1.70. The number of benzene rings is 1. The normalized spacial score (nSPS) is 12.6. The summed E-state index contributed by atoms with van der Waals surface area (Å²) in [5, 5.41) is 22.6. The van der Waals surface area contributed by atoms with Gasteiger partial charge in [-0.05, 0) is 25.3 Å². The van der Waals surface area contributed by atoms with Crippen molar-refractivity contribution < 1.29 is 10.2 Å². The highest BCUT2D eigenvalue weighted by molar-refractivity contribution is 7.99. The van der Waals surface area contributed by atoms with Crippen LogP contribution in [0.2, 0.25) is 0 Å². The SMILES string of the molecule is CSC(C)CCNCc1ccc(O)cc1O. The molecule has 0 heterocycles. The van der Waals surface area contributed by atoms with Gasteiger partial charge in [0.05, 0.1) is 0 Å². The van der Waals surface area contributed by atoms with E-state index >= 15 is 0 Å². The lowest BCUT2D eigenvalue weighted by Gasteiger charge is -2.10. The zero-order valence-electron chi connectivity index (χ0n) is 9.73. The van der Waals surface area contributed by atoms with E-state index in [1.165, 1.54) is 6.07 Å². The van der Waals surface area contributed by atoms with Crippen LogP contribution in [0.3, 0.4) is 0 Å². The molecule has 1 aromatic carbocycles. The maximum Gasteiger partial charge on any atom is 0.123 e. The van der Waals surface area contributed by atoms with Gasteiger partial charge in [-0.25, -0.2) is 0 Å². The van der Waals surface area contributed by atoms with Crippen molar-refractivity contribution in [2.24, 2.45) is 0 Å². The molecule has 4 heteroatoms. The quantitative estimate of drug-likeness (QED) is 0.669. The maximum atomic E-state index is 9.54. The second kappa shape index (κ2) is 6.66. The van der Waals surface area contributed by atoms with Crippen LogP contribution in [0.4, 0.5) is 0 Å². The minimum Gasteiger partial charge on any atom is -0.508 e. The zero-order valence-corrected chi connectivity index (χ0v) is 10.5. The number of phenolic OH excluding ortho intramolecular Hbond substituents is 2. The van der Waals surface area contributed by atoms with Gasteiger partial charge in [-0.15, -0.1) is 0 Å². The molecule has 1 atom stereocenters. The minimum absolute atomic E-state index is 0.0947. The highest BCUT2D eigenvalue weighted by Crippen LogP contribution is 2.22. The molecule has 0 saturated heterocycles. The summed E-state index contributed by atoms with van der Waals surface area (Å²) in [6, 6.07) is 4.68. The van der Waals surface area contributed by atoms with E-state index in [2.05, 4.69) is 18.5 Å². The summed E-state index contributed by atoms with van der Waals surface area (Å²) in [5.74, 6) is 0.239. The first kappa shape index (κ1) is 13.2. The van der Waals surface area contributed by atoms with Gasteiger partial charge in [0.25, 0.3) is 0 Å². The summed E-state index contributed by atoms with van der Waals surface area (Å²) < 4.78 is 0. The smallest absolute Gasteiger partial charge is 0.123 e. The third kappa shape index (κ3) is 4.33. The molecule has 0 aliphatic rings. The lowest BCUT2D eigenvalue weighted by molar-refractivity contribution is 0.443. The molecular formula is C12H19NO2S. The third-order valence-corrected chi connectivity index (χ3v) is 3.55. The van der Waals surface area contributed by atoms with Gasteiger partial charge in [-0.3, -0.25) is 0 Å². The Morgan fingerprint density at radius 1 is 1.38 bits per heavy atom. The third-order valence-electron chi connectivity index (χ3n) is 2.51. The first-order valence-corrected chi connectivity index (χ1v) is 6.66. The fraction of sp³-hybridized carbons (Fsp3) is 0.500. The van der Waals surface area contributed by atoms with Crippen molar-refractivity contribution in [1.82, 2.24) is 5.32 Å². The molecule has 16 heavy (non-hydrogen) atoms. The predicted molar refractivity (Wildman–Crippen MR) is 69.1 cm³/mol. The summed E-state index contributed by atoms with van der Waals surface area (Å²) in [4.78, 5) is 0. The fourth-order valence-electron chi connectivity index (χ4n) is 1.35. The number of nitrogens with one attached hydrogen (secondary N) is 1. The molecule has 0 aliphatic heterocycles. The lowest BCUT2D eigenvalue weighted by atomic mass is 10.2. The van der Waals surface area contributed by atoms with Gasteiger partial charge in [0, 0.05) is 23.4 Å². The number of hydrogen-bond donors (Lipinski definition) is 3. The molecule has 0 amide bonds. The summed E-state index contributed by atoms with van der Waals surface area (Å²) in [6.07, 6.45) is 3.22. The summed E-state index contributed by atoms with van der Waals surface area (Å²) in [5.41, 5.74) is 0.814. The summed E-state index contributed by atoms with van der Waals surface area (Å²) in [7, 11) is 0. The summed E-state index contributed by atoms with van der Waals surface area (Å²) in [6.45, 7) is 3.76. The topological polar surface area (TPSA) is 52.5 Å². The zero-order chi connectivity index (χ0) is 12.0. The number of thioether (sulfide) groups is 1. The molecule has 0 aromatic heterocycles. The van der Waals surface area contributed by atoms with Gasteiger partial charge in [0.15, 0.2) is 0 Å². The Morgan fingerprint density at radius 2 is 2.12 bits per heavy atom. The van der Waals surface area contributed by atoms with Crippen LogP contribution in [-0.2, 0) is 6.54 Å². The average Bonchev–Trinajstić information content (AvgIpc) is 2.26. The van der Waals surface area contributed by atoms with Crippen LogP contribution in [0, 0.1) is 0 Å². The van der Waals surface area contributed by atoms with Gasteiger partial charge in [-0.2, -0.15) is 11.8 Å². The molecule has 0 bridgehead atoms. The van der Waals surface area contributed by atoms with Crippen molar-refractivity contribution in [2.75, 3.05) is 12.8 Å². The molecule has 3 N–H and O–H groups in total. The van der Waals surface area contributed by atoms with E-state index in [-0.39, 0.29) is 11.5 Å². The molecule has 1 unspecified atom stereocenters. The second-order valence-electron chi connectivity index (χ2n) is 3.82. The van der Waals surface area contributed by atoms with E-state index in [0.717, 1.165) is 18.5 Å². The Bertz CT molecular complexity index is 331. The molecule has 0 radical (unpaired) electrons. The standard InChI is InChI=1S/C12H19NO2S/c1-9(16-2)5-6-13-8-10-3-4-11(14)7-12(10)15/h3-4,7,9,13-15H,5-6,8H2,1-2H3. The molecule has 0 aliphatic carbocycles. The first-order chi connectivity index (χ1) is 7.63. The van der Waals surface area contributed by atoms with Gasteiger partial charge >= 0.3 is 0 Å². The molecule has 0 spiro atoms. The van der Waals surface area contributed by atoms with Gasteiger partial charge in [-0.1, -0.05) is 13.0 Å². The van der Waals surface area contributed by atoms with Crippen LogP contribution in [0.15, 0.2) is 18.2 Å². The molecule has 90 valence electrons. The average molecular weight is 241 g/mol. The van der Waals surface area contributed by atoms with E-state index in [1.807, 2.05) is 11.8 Å². The van der Waals surface area contributed by atoms with Crippen LogP contribution in [0.25, 0.3) is 0 Å². The van der Waals surface area contributed by atoms with Crippen LogP contribution in [0.5, 0.6) is 11.5 Å². The number of aromatic hydroxyl groups is 2. The Hall–Kier alpha value is -0.870. The minimum atomic E-state index is 0.0947. The van der Waals surface area contributed by atoms with Crippen LogP contribution in [0.1, 0.15) is 18.9 Å². The summed E-state index contributed by atoms with van der Waals surface area (Å²) >= 11 is 1.85. The Labute approximate surface area is 101 Å². The van der Waals surface area contributed by atoms with Crippen molar-refractivity contribution in [3.63, 3.8) is 0 Å². The van der Waals surface area contributed by atoms with Crippen LogP contribution < -0.4 is 5.32 Å².